The molecule has 0 aliphatic carbocycles. The highest BCUT2D eigenvalue weighted by atomic mass is 35.5. The molecule has 1 aliphatic heterocycles. The molecular formula is C14H28ClN3O2. The highest BCUT2D eigenvalue weighted by Crippen LogP contribution is 2.16. The molecule has 5 nitrogen and oxygen atoms in total. The van der Waals surface area contributed by atoms with Crippen molar-refractivity contribution in [2.24, 2.45) is 5.92 Å². The lowest BCUT2D eigenvalue weighted by Crippen LogP contribution is -2.46. The number of carbonyl (C=O) groups excluding carboxylic acids is 2. The second kappa shape index (κ2) is 8.47. The number of halogens is 1. The van der Waals surface area contributed by atoms with Gasteiger partial charge < -0.3 is 15.5 Å². The maximum Gasteiger partial charge on any atom is 0.240 e. The molecule has 0 spiro atoms. The van der Waals surface area contributed by atoms with Gasteiger partial charge in [0.05, 0.1) is 6.54 Å². The Kier molecular flexibility index (Phi) is 8.13. The van der Waals surface area contributed by atoms with Crippen LogP contribution in [0.3, 0.4) is 0 Å². The molecule has 0 unspecified atom stereocenters. The van der Waals surface area contributed by atoms with E-state index >= 15 is 0 Å². The van der Waals surface area contributed by atoms with Crippen molar-refractivity contribution in [2.45, 2.75) is 45.6 Å². The molecule has 2 amide bonds. The van der Waals surface area contributed by atoms with Crippen molar-refractivity contribution in [3.63, 3.8) is 0 Å². The summed E-state index contributed by atoms with van der Waals surface area (Å²) in [5.74, 6) is 0.423. The first-order chi connectivity index (χ1) is 8.78. The normalized spacial score (nSPS) is 16.2. The molecule has 1 aliphatic rings. The fraction of sp³-hybridized carbons (Fsp3) is 0.857. The van der Waals surface area contributed by atoms with Crippen LogP contribution in [0.5, 0.6) is 0 Å². The summed E-state index contributed by atoms with van der Waals surface area (Å²) in [4.78, 5) is 25.3. The Balaban J connectivity index is 0.00000361. The van der Waals surface area contributed by atoms with Gasteiger partial charge in [0.2, 0.25) is 11.8 Å². The van der Waals surface area contributed by atoms with Crippen LogP contribution in [0.15, 0.2) is 0 Å². The van der Waals surface area contributed by atoms with E-state index < -0.39 is 0 Å². The average Bonchev–Trinajstić information content (AvgIpc) is 2.27. The molecule has 6 heteroatoms. The second-order valence-corrected chi connectivity index (χ2v) is 6.45. The number of carbonyl (C=O) groups is 2. The fourth-order valence-corrected chi connectivity index (χ4v) is 2.25. The van der Waals surface area contributed by atoms with Crippen LogP contribution in [0.2, 0.25) is 0 Å². The lowest BCUT2D eigenvalue weighted by Gasteiger charge is -2.26. The Morgan fingerprint density at radius 3 is 2.30 bits per heavy atom. The Hall–Kier alpha value is -0.810. The largest absolute Gasteiger partial charge is 0.350 e. The minimum atomic E-state index is -0.254. The van der Waals surface area contributed by atoms with E-state index in [0.717, 1.165) is 25.9 Å². The topological polar surface area (TPSA) is 61.4 Å². The Bertz CT molecular complexity index is 323. The zero-order valence-corrected chi connectivity index (χ0v) is 13.8. The molecule has 118 valence electrons. The zero-order chi connectivity index (χ0) is 14.5. The molecule has 0 radical (unpaired) electrons. The molecule has 20 heavy (non-hydrogen) atoms. The van der Waals surface area contributed by atoms with E-state index in [2.05, 4.69) is 10.6 Å². The van der Waals surface area contributed by atoms with Crippen LogP contribution in [0.1, 0.15) is 40.0 Å². The van der Waals surface area contributed by atoms with Gasteiger partial charge in [-0.15, -0.1) is 12.4 Å². The van der Waals surface area contributed by atoms with E-state index in [4.69, 9.17) is 0 Å². The summed E-state index contributed by atoms with van der Waals surface area (Å²) >= 11 is 0. The lowest BCUT2D eigenvalue weighted by atomic mass is 9.94. The summed E-state index contributed by atoms with van der Waals surface area (Å²) in [7, 11) is 1.70. The van der Waals surface area contributed by atoms with E-state index in [0.29, 0.717) is 12.3 Å². The minimum absolute atomic E-state index is 0. The van der Waals surface area contributed by atoms with Crippen molar-refractivity contribution in [1.82, 2.24) is 15.5 Å². The minimum Gasteiger partial charge on any atom is -0.350 e. The average molecular weight is 306 g/mol. The second-order valence-electron chi connectivity index (χ2n) is 6.45. The highest BCUT2D eigenvalue weighted by molar-refractivity contribution is 5.85. The Morgan fingerprint density at radius 2 is 1.80 bits per heavy atom. The van der Waals surface area contributed by atoms with Gasteiger partial charge in [-0.2, -0.15) is 0 Å². The summed E-state index contributed by atoms with van der Waals surface area (Å²) in [5, 5.41) is 6.15. The van der Waals surface area contributed by atoms with Gasteiger partial charge in [-0.05, 0) is 52.6 Å². The van der Waals surface area contributed by atoms with Crippen LogP contribution in [-0.2, 0) is 9.59 Å². The van der Waals surface area contributed by atoms with Gasteiger partial charge in [0.15, 0.2) is 0 Å². The molecule has 0 aromatic carbocycles. The first-order valence-corrected chi connectivity index (χ1v) is 7.03. The number of likely N-dealkylation sites (N-methyl/N-ethyl adjacent to an activating group) is 1. The number of amides is 2. The standard InChI is InChI=1S/C14H27N3O2.ClH/c1-14(2,3)16-12(18)10-17(4)13(19)9-11-5-7-15-8-6-11;/h11,15H,5-10H2,1-4H3,(H,16,18);1H. The van der Waals surface area contributed by atoms with E-state index in [-0.39, 0.29) is 36.3 Å². The molecule has 1 rings (SSSR count). The third-order valence-corrected chi connectivity index (χ3v) is 3.24. The van der Waals surface area contributed by atoms with Gasteiger partial charge in [0, 0.05) is 19.0 Å². The first kappa shape index (κ1) is 19.2. The van der Waals surface area contributed by atoms with Crippen LogP contribution in [0.4, 0.5) is 0 Å². The molecule has 0 saturated carbocycles. The molecule has 0 atom stereocenters. The summed E-state index contributed by atoms with van der Waals surface area (Å²) in [6.07, 6.45) is 2.66. The highest BCUT2D eigenvalue weighted by Gasteiger charge is 2.21. The van der Waals surface area contributed by atoms with Crippen LogP contribution in [0.25, 0.3) is 0 Å². The van der Waals surface area contributed by atoms with Gasteiger partial charge in [-0.25, -0.2) is 0 Å². The van der Waals surface area contributed by atoms with E-state index in [1.165, 1.54) is 4.90 Å². The van der Waals surface area contributed by atoms with Crippen LogP contribution in [-0.4, -0.2) is 48.9 Å². The van der Waals surface area contributed by atoms with Gasteiger partial charge >= 0.3 is 0 Å². The molecule has 0 aromatic heterocycles. The first-order valence-electron chi connectivity index (χ1n) is 7.03. The predicted molar refractivity (Wildman–Crippen MR) is 83.0 cm³/mol. The maximum atomic E-state index is 12.0. The Labute approximate surface area is 128 Å². The van der Waals surface area contributed by atoms with Crippen molar-refractivity contribution in [3.8, 4) is 0 Å². The number of nitrogens with zero attached hydrogens (tertiary/aromatic N) is 1. The number of hydrogen-bond acceptors (Lipinski definition) is 3. The summed E-state index contributed by atoms with van der Waals surface area (Å²) in [5.41, 5.74) is -0.254. The molecular weight excluding hydrogens is 278 g/mol. The van der Waals surface area contributed by atoms with Gasteiger partial charge in [-0.1, -0.05) is 0 Å². The third kappa shape index (κ3) is 7.70. The van der Waals surface area contributed by atoms with Crippen molar-refractivity contribution >= 4 is 24.2 Å². The molecule has 1 heterocycles. The van der Waals surface area contributed by atoms with Crippen molar-refractivity contribution < 1.29 is 9.59 Å². The van der Waals surface area contributed by atoms with Crippen LogP contribution < -0.4 is 10.6 Å². The summed E-state index contributed by atoms with van der Waals surface area (Å²) in [6, 6.07) is 0. The van der Waals surface area contributed by atoms with E-state index in [1.807, 2.05) is 20.8 Å². The van der Waals surface area contributed by atoms with Crippen molar-refractivity contribution in [1.29, 1.82) is 0 Å². The quantitative estimate of drug-likeness (QED) is 0.820. The molecule has 0 bridgehead atoms. The predicted octanol–water partition coefficient (Wildman–Crippen LogP) is 1.17. The monoisotopic (exact) mass is 305 g/mol. The number of rotatable bonds is 4. The Morgan fingerprint density at radius 1 is 1.25 bits per heavy atom. The maximum absolute atomic E-state index is 12.0. The van der Waals surface area contributed by atoms with Gasteiger partial charge in [0.25, 0.3) is 0 Å². The third-order valence-electron chi connectivity index (χ3n) is 3.24. The van der Waals surface area contributed by atoms with Crippen LogP contribution >= 0.6 is 12.4 Å². The van der Waals surface area contributed by atoms with Crippen LogP contribution in [0, 0.1) is 5.92 Å². The van der Waals surface area contributed by atoms with Gasteiger partial charge in [-0.3, -0.25) is 9.59 Å². The van der Waals surface area contributed by atoms with E-state index in [1.54, 1.807) is 7.05 Å². The van der Waals surface area contributed by atoms with E-state index in [9.17, 15) is 9.59 Å². The molecule has 0 aromatic rings. The zero-order valence-electron chi connectivity index (χ0n) is 13.0. The molecule has 2 N–H and O–H groups in total. The SMILES string of the molecule is CN(CC(=O)NC(C)(C)C)C(=O)CC1CCNCC1.Cl. The smallest absolute Gasteiger partial charge is 0.240 e. The lowest BCUT2D eigenvalue weighted by molar-refractivity contribution is -0.136. The molecule has 1 fully saturated rings. The summed E-state index contributed by atoms with van der Waals surface area (Å²) < 4.78 is 0. The number of piperidine rings is 1. The molecule has 1 saturated heterocycles. The number of hydrogen-bond donors (Lipinski definition) is 2. The van der Waals surface area contributed by atoms with Crippen molar-refractivity contribution in [3.05, 3.63) is 0 Å². The van der Waals surface area contributed by atoms with Crippen molar-refractivity contribution in [2.75, 3.05) is 26.7 Å². The fourth-order valence-electron chi connectivity index (χ4n) is 2.25. The number of nitrogens with one attached hydrogen (secondary N) is 2. The summed E-state index contributed by atoms with van der Waals surface area (Å²) in [6.45, 7) is 7.92. The van der Waals surface area contributed by atoms with Gasteiger partial charge in [0.1, 0.15) is 0 Å².